The lowest BCUT2D eigenvalue weighted by atomic mass is 10.2. The Morgan fingerprint density at radius 1 is 0.864 bits per heavy atom. The number of fused-ring (bicyclic) bond motifs is 1. The highest BCUT2D eigenvalue weighted by molar-refractivity contribution is 5.82. The van der Waals surface area contributed by atoms with Crippen LogP contribution in [0.5, 0.6) is 17.2 Å². The smallest absolute Gasteiger partial charge is 0.161 e. The Hall–Kier alpha value is -2.69. The highest BCUT2D eigenvalue weighted by atomic mass is 16.5. The van der Waals surface area contributed by atoms with E-state index in [4.69, 9.17) is 19.2 Å². The maximum atomic E-state index is 5.37. The van der Waals surface area contributed by atoms with Crippen molar-refractivity contribution in [2.75, 3.05) is 21.3 Å². The summed E-state index contributed by atoms with van der Waals surface area (Å²) in [5.41, 5.74) is 2.91. The third-order valence-electron chi connectivity index (χ3n) is 3.73. The van der Waals surface area contributed by atoms with E-state index < -0.39 is 0 Å². The molecule has 0 atom stereocenters. The molecule has 0 N–H and O–H groups in total. The van der Waals surface area contributed by atoms with Gasteiger partial charge in [0.15, 0.2) is 11.5 Å². The second kappa shape index (κ2) is 5.60. The summed E-state index contributed by atoms with van der Waals surface area (Å²) < 4.78 is 18.0. The van der Waals surface area contributed by atoms with Crippen LogP contribution in [0.4, 0.5) is 0 Å². The number of ether oxygens (including phenoxy) is 3. The number of hydrogen-bond donors (Lipinski definition) is 0. The van der Waals surface area contributed by atoms with E-state index in [0.29, 0.717) is 11.5 Å². The molecule has 0 aliphatic rings. The van der Waals surface area contributed by atoms with Gasteiger partial charge in [-0.3, -0.25) is 0 Å². The summed E-state index contributed by atoms with van der Waals surface area (Å²) in [6.45, 7) is 0. The predicted molar refractivity (Wildman–Crippen MR) is 85.8 cm³/mol. The molecule has 3 rings (SSSR count). The molecule has 0 aliphatic carbocycles. The molecule has 3 aromatic rings. The van der Waals surface area contributed by atoms with Crippen LogP contribution in [0, 0.1) is 0 Å². The Morgan fingerprint density at radius 3 is 2.32 bits per heavy atom. The first-order valence-corrected chi connectivity index (χ1v) is 6.90. The summed E-state index contributed by atoms with van der Waals surface area (Å²) in [6, 6.07) is 11.7. The molecule has 114 valence electrons. The molecule has 0 aliphatic heterocycles. The number of aryl methyl sites for hydroxylation is 1. The van der Waals surface area contributed by atoms with Gasteiger partial charge in [-0.2, -0.15) is 0 Å². The van der Waals surface area contributed by atoms with Crippen LogP contribution in [-0.2, 0) is 7.05 Å². The second-order valence-corrected chi connectivity index (χ2v) is 4.92. The first-order valence-electron chi connectivity index (χ1n) is 6.90. The van der Waals surface area contributed by atoms with E-state index in [1.807, 2.05) is 43.4 Å². The zero-order valence-corrected chi connectivity index (χ0v) is 13.1. The summed E-state index contributed by atoms with van der Waals surface area (Å²) in [5.74, 6) is 3.05. The average molecular weight is 298 g/mol. The number of benzene rings is 2. The second-order valence-electron chi connectivity index (χ2n) is 4.92. The summed E-state index contributed by atoms with van der Waals surface area (Å²) >= 11 is 0. The van der Waals surface area contributed by atoms with Crippen molar-refractivity contribution >= 4 is 11.0 Å². The zero-order chi connectivity index (χ0) is 15.7. The Bertz CT molecular complexity index is 824. The van der Waals surface area contributed by atoms with Crippen molar-refractivity contribution in [3.8, 4) is 28.6 Å². The fraction of sp³-hybridized carbons (Fsp3) is 0.235. The standard InChI is InChI=1S/C17H18N2O3/c1-19-14-7-6-12(20-2)10-13(14)18-17(19)11-5-8-15(21-3)16(9-11)22-4/h5-10H,1-4H3. The SMILES string of the molecule is COc1ccc2c(c1)nc(-c1ccc(OC)c(OC)c1)n2C. The molecule has 0 amide bonds. The summed E-state index contributed by atoms with van der Waals surface area (Å²) in [6.07, 6.45) is 0. The van der Waals surface area contributed by atoms with Gasteiger partial charge in [0.2, 0.25) is 0 Å². The largest absolute Gasteiger partial charge is 0.497 e. The minimum Gasteiger partial charge on any atom is -0.497 e. The molecule has 5 nitrogen and oxygen atoms in total. The lowest BCUT2D eigenvalue weighted by molar-refractivity contribution is 0.355. The van der Waals surface area contributed by atoms with Gasteiger partial charge in [0.1, 0.15) is 11.6 Å². The Labute approximate surface area is 129 Å². The quantitative estimate of drug-likeness (QED) is 0.741. The van der Waals surface area contributed by atoms with Gasteiger partial charge in [-0.25, -0.2) is 4.98 Å². The van der Waals surface area contributed by atoms with Gasteiger partial charge in [0.05, 0.1) is 32.4 Å². The van der Waals surface area contributed by atoms with E-state index in [9.17, 15) is 0 Å². The molecule has 0 saturated carbocycles. The van der Waals surface area contributed by atoms with Crippen molar-refractivity contribution in [1.29, 1.82) is 0 Å². The molecule has 1 aromatic heterocycles. The normalized spacial score (nSPS) is 10.7. The maximum absolute atomic E-state index is 5.37. The molecule has 1 heterocycles. The third-order valence-corrected chi connectivity index (χ3v) is 3.73. The van der Waals surface area contributed by atoms with Gasteiger partial charge in [-0.05, 0) is 30.3 Å². The number of imidazole rings is 1. The van der Waals surface area contributed by atoms with Crippen molar-refractivity contribution in [3.63, 3.8) is 0 Å². The molecule has 22 heavy (non-hydrogen) atoms. The van der Waals surface area contributed by atoms with Crippen LogP contribution in [0.3, 0.4) is 0 Å². The van der Waals surface area contributed by atoms with Gasteiger partial charge in [-0.15, -0.1) is 0 Å². The summed E-state index contributed by atoms with van der Waals surface area (Å²) in [7, 11) is 6.90. The van der Waals surface area contributed by atoms with Gasteiger partial charge >= 0.3 is 0 Å². The van der Waals surface area contributed by atoms with E-state index >= 15 is 0 Å². The monoisotopic (exact) mass is 298 g/mol. The number of aromatic nitrogens is 2. The van der Waals surface area contributed by atoms with E-state index in [-0.39, 0.29) is 0 Å². The molecular formula is C17H18N2O3. The molecule has 0 radical (unpaired) electrons. The molecule has 5 heteroatoms. The molecule has 2 aromatic carbocycles. The van der Waals surface area contributed by atoms with Crippen LogP contribution in [0.15, 0.2) is 36.4 Å². The highest BCUT2D eigenvalue weighted by Crippen LogP contribution is 2.33. The highest BCUT2D eigenvalue weighted by Gasteiger charge is 2.13. The van der Waals surface area contributed by atoms with E-state index in [2.05, 4.69) is 4.57 Å². The van der Waals surface area contributed by atoms with E-state index in [0.717, 1.165) is 28.2 Å². The topological polar surface area (TPSA) is 45.5 Å². The van der Waals surface area contributed by atoms with Crippen molar-refractivity contribution in [1.82, 2.24) is 9.55 Å². The molecule has 0 fully saturated rings. The summed E-state index contributed by atoms with van der Waals surface area (Å²) in [4.78, 5) is 4.71. The zero-order valence-electron chi connectivity index (χ0n) is 13.1. The first-order chi connectivity index (χ1) is 10.7. The van der Waals surface area contributed by atoms with Crippen molar-refractivity contribution in [2.24, 2.45) is 7.05 Å². The van der Waals surface area contributed by atoms with E-state index in [1.165, 1.54) is 0 Å². The van der Waals surface area contributed by atoms with Crippen LogP contribution in [0.25, 0.3) is 22.4 Å². The Kier molecular flexibility index (Phi) is 3.63. The first kappa shape index (κ1) is 14.3. The van der Waals surface area contributed by atoms with E-state index in [1.54, 1.807) is 21.3 Å². The van der Waals surface area contributed by atoms with Crippen molar-refractivity contribution in [2.45, 2.75) is 0 Å². The number of nitrogens with zero attached hydrogens (tertiary/aromatic N) is 2. The molecular weight excluding hydrogens is 280 g/mol. The van der Waals surface area contributed by atoms with Crippen LogP contribution >= 0.6 is 0 Å². The maximum Gasteiger partial charge on any atom is 0.161 e. The van der Waals surface area contributed by atoms with Gasteiger partial charge in [-0.1, -0.05) is 0 Å². The van der Waals surface area contributed by atoms with Crippen LogP contribution in [0.2, 0.25) is 0 Å². The molecule has 0 bridgehead atoms. The summed E-state index contributed by atoms with van der Waals surface area (Å²) in [5, 5.41) is 0. The number of hydrogen-bond acceptors (Lipinski definition) is 4. The Balaban J connectivity index is 2.15. The van der Waals surface area contributed by atoms with Crippen molar-refractivity contribution in [3.05, 3.63) is 36.4 Å². The predicted octanol–water partition coefficient (Wildman–Crippen LogP) is 3.27. The number of rotatable bonds is 4. The van der Waals surface area contributed by atoms with Gasteiger partial charge in [0.25, 0.3) is 0 Å². The average Bonchev–Trinajstić information content (AvgIpc) is 2.90. The molecule has 0 saturated heterocycles. The van der Waals surface area contributed by atoms with Gasteiger partial charge in [0, 0.05) is 18.7 Å². The fourth-order valence-corrected chi connectivity index (χ4v) is 2.54. The third kappa shape index (κ3) is 2.24. The van der Waals surface area contributed by atoms with Crippen molar-refractivity contribution < 1.29 is 14.2 Å². The lowest BCUT2D eigenvalue weighted by Crippen LogP contribution is -1.95. The van der Waals surface area contributed by atoms with Crippen LogP contribution < -0.4 is 14.2 Å². The molecule has 0 unspecified atom stereocenters. The van der Waals surface area contributed by atoms with Crippen LogP contribution in [0.1, 0.15) is 0 Å². The molecule has 0 spiro atoms. The fourth-order valence-electron chi connectivity index (χ4n) is 2.54. The Morgan fingerprint density at radius 2 is 1.64 bits per heavy atom. The lowest BCUT2D eigenvalue weighted by Gasteiger charge is -2.09. The van der Waals surface area contributed by atoms with Crippen LogP contribution in [-0.4, -0.2) is 30.9 Å². The van der Waals surface area contributed by atoms with Gasteiger partial charge < -0.3 is 18.8 Å². The number of methoxy groups -OCH3 is 3. The minimum atomic E-state index is 0.685. The minimum absolute atomic E-state index is 0.685.